The molecule has 3 aromatic rings. The van der Waals surface area contributed by atoms with E-state index < -0.39 is 11.9 Å². The van der Waals surface area contributed by atoms with Crippen molar-refractivity contribution in [1.29, 1.82) is 0 Å². The minimum atomic E-state index is -0.672. The Morgan fingerprint density at radius 3 is 2.61 bits per heavy atom. The van der Waals surface area contributed by atoms with E-state index in [1.807, 2.05) is 42.8 Å². The molecule has 0 atom stereocenters. The first kappa shape index (κ1) is 24.5. The van der Waals surface area contributed by atoms with E-state index in [2.05, 4.69) is 15.5 Å². The average molecular weight is 488 g/mol. The number of primary amides is 1. The molecule has 0 fully saturated rings. The summed E-state index contributed by atoms with van der Waals surface area (Å²) in [5, 5.41) is 11.9. The third kappa shape index (κ3) is 5.60. The van der Waals surface area contributed by atoms with Crippen LogP contribution in [0.3, 0.4) is 0 Å². The molecule has 2 heterocycles. The fraction of sp³-hybridized carbons (Fsp3) is 0.318. The minimum Gasteiger partial charge on any atom is -0.459 e. The van der Waals surface area contributed by atoms with Crippen LogP contribution in [0.1, 0.15) is 45.0 Å². The number of anilines is 1. The summed E-state index contributed by atoms with van der Waals surface area (Å²) in [6.45, 7) is 7.04. The van der Waals surface area contributed by atoms with Gasteiger partial charge in [-0.25, -0.2) is 4.79 Å². The Bertz CT molecular complexity index is 1220. The first-order chi connectivity index (χ1) is 15.6. The number of nitrogens with zero attached hydrogens (tertiary/aromatic N) is 3. The second-order valence-electron chi connectivity index (χ2n) is 7.65. The number of hydrogen-bond donors (Lipinski definition) is 2. The zero-order chi connectivity index (χ0) is 24.3. The van der Waals surface area contributed by atoms with Gasteiger partial charge >= 0.3 is 5.97 Å². The van der Waals surface area contributed by atoms with Crippen LogP contribution in [0, 0.1) is 13.8 Å². The number of thioether (sulfide) groups is 1. The topological polar surface area (TPSA) is 129 Å². The molecule has 0 spiro atoms. The van der Waals surface area contributed by atoms with Gasteiger partial charge in [0.2, 0.25) is 5.91 Å². The monoisotopic (exact) mass is 487 g/mol. The molecule has 3 rings (SSSR count). The Kier molecular flexibility index (Phi) is 7.54. The van der Waals surface area contributed by atoms with E-state index in [9.17, 15) is 14.4 Å². The van der Waals surface area contributed by atoms with E-state index in [4.69, 9.17) is 10.5 Å². The number of hydrogen-bond acceptors (Lipinski definition) is 8. The summed E-state index contributed by atoms with van der Waals surface area (Å²) in [6, 6.07) is 7.91. The molecule has 0 aliphatic heterocycles. The van der Waals surface area contributed by atoms with Crippen molar-refractivity contribution in [3.05, 3.63) is 45.8 Å². The predicted molar refractivity (Wildman–Crippen MR) is 129 cm³/mol. The first-order valence-corrected chi connectivity index (χ1v) is 11.9. The highest BCUT2D eigenvalue weighted by atomic mass is 32.2. The van der Waals surface area contributed by atoms with Crippen molar-refractivity contribution in [3.8, 4) is 11.4 Å². The minimum absolute atomic E-state index is 0.0291. The molecular weight excluding hydrogens is 462 g/mol. The average Bonchev–Trinajstić information content (AvgIpc) is 3.25. The van der Waals surface area contributed by atoms with E-state index in [-0.39, 0.29) is 33.2 Å². The Morgan fingerprint density at radius 2 is 1.97 bits per heavy atom. The molecule has 1 aromatic carbocycles. The van der Waals surface area contributed by atoms with Crippen molar-refractivity contribution >= 4 is 45.9 Å². The maximum Gasteiger partial charge on any atom is 0.341 e. The second-order valence-corrected chi connectivity index (χ2v) is 9.61. The first-order valence-electron chi connectivity index (χ1n) is 10.1. The molecule has 0 aliphatic rings. The van der Waals surface area contributed by atoms with Crippen LogP contribution in [0.15, 0.2) is 29.4 Å². The number of amides is 2. The van der Waals surface area contributed by atoms with Crippen LogP contribution in [-0.4, -0.2) is 44.4 Å². The SMILES string of the molecule is Cc1cccc(-c2nnc(SCC(=O)Nc3sc(C(N)=O)c(C)c3C(=O)OC(C)C)n2C)c1. The molecule has 3 N–H and O–H groups in total. The number of benzene rings is 1. The van der Waals surface area contributed by atoms with Crippen LogP contribution < -0.4 is 11.1 Å². The smallest absolute Gasteiger partial charge is 0.341 e. The maximum absolute atomic E-state index is 12.7. The van der Waals surface area contributed by atoms with Crippen LogP contribution in [-0.2, 0) is 16.6 Å². The molecule has 0 bridgehead atoms. The number of aromatic nitrogens is 3. The molecule has 0 unspecified atom stereocenters. The summed E-state index contributed by atoms with van der Waals surface area (Å²) in [4.78, 5) is 37.2. The van der Waals surface area contributed by atoms with Gasteiger partial charge < -0.3 is 20.4 Å². The Labute approximate surface area is 199 Å². The Balaban J connectivity index is 1.75. The normalized spacial score (nSPS) is 11.0. The third-order valence-corrected chi connectivity index (χ3v) is 6.86. The summed E-state index contributed by atoms with van der Waals surface area (Å²) in [5.74, 6) is -0.934. The summed E-state index contributed by atoms with van der Waals surface area (Å²) < 4.78 is 7.09. The number of carbonyl (C=O) groups is 3. The van der Waals surface area contributed by atoms with Crippen molar-refractivity contribution in [3.63, 3.8) is 0 Å². The lowest BCUT2D eigenvalue weighted by Gasteiger charge is -2.10. The fourth-order valence-electron chi connectivity index (χ4n) is 3.12. The molecule has 2 amide bonds. The zero-order valence-electron chi connectivity index (χ0n) is 19.0. The number of ether oxygens (including phenoxy) is 1. The predicted octanol–water partition coefficient (Wildman–Crippen LogP) is 3.56. The lowest BCUT2D eigenvalue weighted by molar-refractivity contribution is -0.113. The van der Waals surface area contributed by atoms with E-state index in [1.54, 1.807) is 20.8 Å². The van der Waals surface area contributed by atoms with Gasteiger partial charge in [0.05, 0.1) is 22.3 Å². The molecule has 2 aromatic heterocycles. The highest BCUT2D eigenvalue weighted by molar-refractivity contribution is 7.99. The number of aryl methyl sites for hydroxylation is 1. The number of nitrogens with two attached hydrogens (primary N) is 1. The van der Waals surface area contributed by atoms with Gasteiger partial charge in [-0.1, -0.05) is 35.5 Å². The molecule has 0 saturated heterocycles. The second kappa shape index (κ2) is 10.2. The maximum atomic E-state index is 12.7. The van der Waals surface area contributed by atoms with Gasteiger partial charge in [-0.3, -0.25) is 9.59 Å². The van der Waals surface area contributed by atoms with Crippen LogP contribution in [0.5, 0.6) is 0 Å². The van der Waals surface area contributed by atoms with Crippen LogP contribution >= 0.6 is 23.1 Å². The van der Waals surface area contributed by atoms with Gasteiger partial charge in [0.25, 0.3) is 5.91 Å². The fourth-order valence-corrected chi connectivity index (χ4v) is 4.90. The molecule has 174 valence electrons. The Hall–Kier alpha value is -3.18. The van der Waals surface area contributed by atoms with Gasteiger partial charge in [0.1, 0.15) is 5.00 Å². The zero-order valence-corrected chi connectivity index (χ0v) is 20.6. The van der Waals surface area contributed by atoms with Crippen molar-refractivity contribution < 1.29 is 19.1 Å². The molecule has 0 saturated carbocycles. The van der Waals surface area contributed by atoms with Gasteiger partial charge in [0.15, 0.2) is 11.0 Å². The lowest BCUT2D eigenvalue weighted by Crippen LogP contribution is -2.18. The summed E-state index contributed by atoms with van der Waals surface area (Å²) in [7, 11) is 1.83. The molecule has 0 radical (unpaired) electrons. The van der Waals surface area contributed by atoms with Crippen LogP contribution in [0.4, 0.5) is 5.00 Å². The standard InChI is InChI=1S/C22H25N5O4S2/c1-11(2)31-21(30)16-13(4)17(18(23)29)33-20(16)24-15(28)10-32-22-26-25-19(27(22)5)14-8-6-7-12(3)9-14/h6-9,11H,10H2,1-5H3,(H2,23,29)(H,24,28). The summed E-state index contributed by atoms with van der Waals surface area (Å²) >= 11 is 2.17. The number of rotatable bonds is 8. The molecule has 11 heteroatoms. The quantitative estimate of drug-likeness (QED) is 0.367. The van der Waals surface area contributed by atoms with E-state index in [0.717, 1.165) is 22.5 Å². The van der Waals surface area contributed by atoms with Crippen LogP contribution in [0.2, 0.25) is 0 Å². The molecule has 33 heavy (non-hydrogen) atoms. The highest BCUT2D eigenvalue weighted by Gasteiger charge is 2.26. The van der Waals surface area contributed by atoms with Gasteiger partial charge in [-0.15, -0.1) is 21.5 Å². The van der Waals surface area contributed by atoms with E-state index in [0.29, 0.717) is 16.5 Å². The van der Waals surface area contributed by atoms with Crippen molar-refractivity contribution in [2.24, 2.45) is 12.8 Å². The van der Waals surface area contributed by atoms with E-state index in [1.165, 1.54) is 11.8 Å². The Morgan fingerprint density at radius 1 is 1.24 bits per heavy atom. The van der Waals surface area contributed by atoms with Crippen molar-refractivity contribution in [1.82, 2.24) is 14.8 Å². The lowest BCUT2D eigenvalue weighted by atomic mass is 10.1. The van der Waals surface area contributed by atoms with Gasteiger partial charge in [-0.2, -0.15) is 0 Å². The third-order valence-electron chi connectivity index (χ3n) is 4.61. The van der Waals surface area contributed by atoms with Gasteiger partial charge in [-0.05, 0) is 39.3 Å². The number of nitrogens with one attached hydrogen (secondary N) is 1. The van der Waals surface area contributed by atoms with Gasteiger partial charge in [0, 0.05) is 12.6 Å². The number of esters is 1. The summed E-state index contributed by atoms with van der Waals surface area (Å²) in [5.41, 5.74) is 7.99. The number of carbonyl (C=O) groups excluding carboxylic acids is 3. The molecule has 0 aliphatic carbocycles. The largest absolute Gasteiger partial charge is 0.459 e. The highest BCUT2D eigenvalue weighted by Crippen LogP contribution is 2.34. The summed E-state index contributed by atoms with van der Waals surface area (Å²) in [6.07, 6.45) is -0.355. The van der Waals surface area contributed by atoms with Crippen LogP contribution in [0.25, 0.3) is 11.4 Å². The number of thiophene rings is 1. The molecule has 9 nitrogen and oxygen atoms in total. The molecular formula is C22H25N5O4S2. The van der Waals surface area contributed by atoms with E-state index >= 15 is 0 Å². The van der Waals surface area contributed by atoms with Crippen molar-refractivity contribution in [2.75, 3.05) is 11.1 Å². The van der Waals surface area contributed by atoms with Crippen molar-refractivity contribution in [2.45, 2.75) is 39.0 Å².